The van der Waals surface area contributed by atoms with Gasteiger partial charge in [-0.3, -0.25) is 4.79 Å². The van der Waals surface area contributed by atoms with E-state index in [2.05, 4.69) is 11.2 Å². The summed E-state index contributed by atoms with van der Waals surface area (Å²) in [6, 6.07) is -0.356. The van der Waals surface area contributed by atoms with Crippen molar-refractivity contribution in [2.75, 3.05) is 6.54 Å². The number of hydrogen-bond acceptors (Lipinski definition) is 2. The lowest BCUT2D eigenvalue weighted by atomic mass is 10.1. The van der Waals surface area contributed by atoms with Crippen LogP contribution in [0.1, 0.15) is 45.4 Å². The standard InChI is InChI=1S/C14H22N2O3/c1-3-7-11(4-2)15-14(19)16(10-13(17)18)12-8-5-6-9-12/h1,11-12H,4-10H2,2H3,(H,15,19)(H,17,18). The van der Waals surface area contributed by atoms with E-state index >= 15 is 0 Å². The summed E-state index contributed by atoms with van der Waals surface area (Å²) in [6.07, 6.45) is 10.3. The third-order valence-corrected chi connectivity index (χ3v) is 3.52. The van der Waals surface area contributed by atoms with Crippen LogP contribution < -0.4 is 5.32 Å². The average Bonchev–Trinajstić information content (AvgIpc) is 2.88. The van der Waals surface area contributed by atoms with Gasteiger partial charge in [-0.15, -0.1) is 12.3 Å². The number of nitrogens with one attached hydrogen (secondary N) is 1. The van der Waals surface area contributed by atoms with Crippen LogP contribution in [0.4, 0.5) is 4.79 Å². The predicted octanol–water partition coefficient (Wildman–Crippen LogP) is 1.83. The van der Waals surface area contributed by atoms with E-state index in [4.69, 9.17) is 11.5 Å². The number of hydrogen-bond donors (Lipinski definition) is 2. The first-order valence-electron chi connectivity index (χ1n) is 6.80. The monoisotopic (exact) mass is 266 g/mol. The molecule has 0 saturated heterocycles. The van der Waals surface area contributed by atoms with Gasteiger partial charge in [-0.1, -0.05) is 19.8 Å². The van der Waals surface area contributed by atoms with Crippen molar-refractivity contribution in [1.82, 2.24) is 10.2 Å². The maximum Gasteiger partial charge on any atom is 0.323 e. The molecule has 2 amide bonds. The SMILES string of the molecule is C#CCC(CC)NC(=O)N(CC(=O)O)C1CCCC1. The zero-order valence-corrected chi connectivity index (χ0v) is 11.4. The number of amides is 2. The van der Waals surface area contributed by atoms with Crippen molar-refractivity contribution in [3.8, 4) is 12.3 Å². The van der Waals surface area contributed by atoms with E-state index in [-0.39, 0.29) is 24.7 Å². The van der Waals surface area contributed by atoms with Gasteiger partial charge in [0.15, 0.2) is 0 Å². The van der Waals surface area contributed by atoms with Crippen LogP contribution in [0.3, 0.4) is 0 Å². The first-order chi connectivity index (χ1) is 9.08. The Kier molecular flexibility index (Phi) is 6.20. The lowest BCUT2D eigenvalue weighted by Crippen LogP contribution is -2.50. The van der Waals surface area contributed by atoms with Crippen LogP contribution in [0.2, 0.25) is 0 Å². The third kappa shape index (κ3) is 4.82. The summed E-state index contributed by atoms with van der Waals surface area (Å²) in [5.41, 5.74) is 0. The smallest absolute Gasteiger partial charge is 0.323 e. The van der Waals surface area contributed by atoms with Gasteiger partial charge in [0.1, 0.15) is 6.54 Å². The minimum atomic E-state index is -0.980. The van der Waals surface area contributed by atoms with Crippen LogP contribution in [-0.4, -0.2) is 40.6 Å². The highest BCUT2D eigenvalue weighted by Gasteiger charge is 2.29. The Morgan fingerprint density at radius 1 is 1.47 bits per heavy atom. The number of rotatable bonds is 6. The largest absolute Gasteiger partial charge is 0.480 e. The summed E-state index contributed by atoms with van der Waals surface area (Å²) >= 11 is 0. The van der Waals surface area contributed by atoms with Crippen molar-refractivity contribution in [1.29, 1.82) is 0 Å². The fraction of sp³-hybridized carbons (Fsp3) is 0.714. The van der Waals surface area contributed by atoms with E-state index < -0.39 is 5.97 Å². The second-order valence-electron chi connectivity index (χ2n) is 4.92. The van der Waals surface area contributed by atoms with Crippen LogP contribution in [0.15, 0.2) is 0 Å². The molecule has 1 aliphatic carbocycles. The van der Waals surface area contributed by atoms with E-state index in [0.717, 1.165) is 32.1 Å². The number of nitrogens with zero attached hydrogens (tertiary/aromatic N) is 1. The summed E-state index contributed by atoms with van der Waals surface area (Å²) in [5.74, 6) is 1.54. The molecule has 0 aromatic rings. The van der Waals surface area contributed by atoms with Gasteiger partial charge >= 0.3 is 12.0 Å². The number of carbonyl (C=O) groups is 2. The highest BCUT2D eigenvalue weighted by Crippen LogP contribution is 2.23. The molecule has 1 atom stereocenters. The number of urea groups is 1. The second kappa shape index (κ2) is 7.67. The summed E-state index contributed by atoms with van der Waals surface area (Å²) in [6.45, 7) is 1.70. The van der Waals surface area contributed by atoms with Crippen LogP contribution >= 0.6 is 0 Å². The van der Waals surface area contributed by atoms with E-state index in [1.807, 2.05) is 6.92 Å². The second-order valence-corrected chi connectivity index (χ2v) is 4.92. The number of aliphatic carboxylic acids is 1. The fourth-order valence-corrected chi connectivity index (χ4v) is 2.43. The molecule has 0 heterocycles. The van der Waals surface area contributed by atoms with Crippen LogP contribution in [0.5, 0.6) is 0 Å². The molecule has 106 valence electrons. The van der Waals surface area contributed by atoms with Gasteiger partial charge < -0.3 is 15.3 Å². The van der Waals surface area contributed by atoms with Gasteiger partial charge in [-0.2, -0.15) is 0 Å². The molecule has 1 fully saturated rings. The minimum Gasteiger partial charge on any atom is -0.480 e. The lowest BCUT2D eigenvalue weighted by molar-refractivity contribution is -0.138. The molecule has 0 spiro atoms. The third-order valence-electron chi connectivity index (χ3n) is 3.52. The van der Waals surface area contributed by atoms with E-state index in [0.29, 0.717) is 6.42 Å². The summed E-state index contributed by atoms with van der Waals surface area (Å²) < 4.78 is 0. The topological polar surface area (TPSA) is 69.6 Å². The van der Waals surface area contributed by atoms with Crippen LogP contribution in [-0.2, 0) is 4.79 Å². The van der Waals surface area contributed by atoms with Crippen LogP contribution in [0.25, 0.3) is 0 Å². The normalized spacial score (nSPS) is 16.6. The van der Waals surface area contributed by atoms with E-state index in [1.54, 1.807) is 0 Å². The van der Waals surface area contributed by atoms with E-state index in [9.17, 15) is 9.59 Å². The Balaban J connectivity index is 2.65. The summed E-state index contributed by atoms with van der Waals surface area (Å²) in [5, 5.41) is 11.8. The van der Waals surface area contributed by atoms with Crippen molar-refractivity contribution in [3.05, 3.63) is 0 Å². The lowest BCUT2D eigenvalue weighted by Gasteiger charge is -2.29. The highest BCUT2D eigenvalue weighted by molar-refractivity contribution is 5.80. The highest BCUT2D eigenvalue weighted by atomic mass is 16.4. The Morgan fingerprint density at radius 2 is 2.11 bits per heavy atom. The molecule has 19 heavy (non-hydrogen) atoms. The molecular formula is C14H22N2O3. The first-order valence-corrected chi connectivity index (χ1v) is 6.80. The first kappa shape index (κ1) is 15.4. The molecular weight excluding hydrogens is 244 g/mol. The van der Waals surface area contributed by atoms with Gasteiger partial charge in [0.05, 0.1) is 0 Å². The molecule has 5 heteroatoms. The zero-order chi connectivity index (χ0) is 14.3. The zero-order valence-electron chi connectivity index (χ0n) is 11.4. The van der Waals surface area contributed by atoms with Crippen molar-refractivity contribution in [2.45, 2.75) is 57.5 Å². The molecule has 0 radical (unpaired) electrons. The fourth-order valence-electron chi connectivity index (χ4n) is 2.43. The Bertz CT molecular complexity index is 356. The van der Waals surface area contributed by atoms with Gasteiger partial charge in [-0.25, -0.2) is 4.79 Å². The molecule has 5 nitrogen and oxygen atoms in total. The van der Waals surface area contributed by atoms with E-state index in [1.165, 1.54) is 4.90 Å². The van der Waals surface area contributed by atoms with Crippen molar-refractivity contribution in [3.63, 3.8) is 0 Å². The number of carboxylic acids is 1. The Hall–Kier alpha value is -1.70. The molecule has 0 aromatic carbocycles. The molecule has 0 bridgehead atoms. The molecule has 1 aliphatic rings. The van der Waals surface area contributed by atoms with Gasteiger partial charge in [0, 0.05) is 18.5 Å². The maximum absolute atomic E-state index is 12.2. The molecule has 0 aromatic heterocycles. The predicted molar refractivity (Wildman–Crippen MR) is 72.7 cm³/mol. The van der Waals surface area contributed by atoms with Crippen molar-refractivity contribution >= 4 is 12.0 Å². The van der Waals surface area contributed by atoms with Crippen molar-refractivity contribution < 1.29 is 14.7 Å². The van der Waals surface area contributed by atoms with Gasteiger partial charge in [0.2, 0.25) is 0 Å². The van der Waals surface area contributed by atoms with Gasteiger partial charge in [-0.05, 0) is 19.3 Å². The van der Waals surface area contributed by atoms with Gasteiger partial charge in [0.25, 0.3) is 0 Å². The van der Waals surface area contributed by atoms with Crippen molar-refractivity contribution in [2.24, 2.45) is 0 Å². The summed E-state index contributed by atoms with van der Waals surface area (Å²) in [4.78, 5) is 24.5. The minimum absolute atomic E-state index is 0.0411. The summed E-state index contributed by atoms with van der Waals surface area (Å²) in [7, 11) is 0. The molecule has 0 aliphatic heterocycles. The molecule has 2 N–H and O–H groups in total. The number of carbonyl (C=O) groups excluding carboxylic acids is 1. The average molecular weight is 266 g/mol. The Morgan fingerprint density at radius 3 is 2.58 bits per heavy atom. The van der Waals surface area contributed by atoms with Crippen LogP contribution in [0, 0.1) is 12.3 Å². The quantitative estimate of drug-likeness (QED) is 0.721. The maximum atomic E-state index is 12.2. The molecule has 1 rings (SSSR count). The molecule has 1 saturated carbocycles. The molecule has 1 unspecified atom stereocenters. The Labute approximate surface area is 114 Å². The number of carboxylic acid groups (broad SMARTS) is 1. The number of terminal acetylenes is 1.